The quantitative estimate of drug-likeness (QED) is 0.669. The van der Waals surface area contributed by atoms with E-state index in [1.807, 2.05) is 36.4 Å². The van der Waals surface area contributed by atoms with Gasteiger partial charge in [0.1, 0.15) is 0 Å². The first kappa shape index (κ1) is 15.5. The van der Waals surface area contributed by atoms with Crippen molar-refractivity contribution in [2.45, 2.75) is 18.9 Å². The highest BCUT2D eigenvalue weighted by atomic mass is 16.3. The summed E-state index contributed by atoms with van der Waals surface area (Å²) in [5.41, 5.74) is 2.16. The van der Waals surface area contributed by atoms with Gasteiger partial charge in [-0.25, -0.2) is 0 Å². The highest BCUT2D eigenvalue weighted by Gasteiger charge is 2.12. The van der Waals surface area contributed by atoms with E-state index in [9.17, 15) is 5.11 Å². The molecule has 1 aromatic rings. The normalized spacial score (nSPS) is 11.9. The van der Waals surface area contributed by atoms with Gasteiger partial charge in [0.25, 0.3) is 0 Å². The Morgan fingerprint density at radius 3 is 2.37 bits per heavy atom. The van der Waals surface area contributed by atoms with Crippen molar-refractivity contribution in [1.29, 1.82) is 0 Å². The van der Waals surface area contributed by atoms with E-state index in [0.29, 0.717) is 12.8 Å². The first-order valence-electron chi connectivity index (χ1n) is 6.56. The van der Waals surface area contributed by atoms with Crippen molar-refractivity contribution in [2.75, 3.05) is 24.6 Å². The molecule has 0 saturated heterocycles. The van der Waals surface area contributed by atoms with Gasteiger partial charge in [0.05, 0.1) is 6.10 Å². The summed E-state index contributed by atoms with van der Waals surface area (Å²) in [4.78, 5) is 2.15. The van der Waals surface area contributed by atoms with E-state index in [-0.39, 0.29) is 6.61 Å². The third-order valence-corrected chi connectivity index (χ3v) is 2.95. The summed E-state index contributed by atoms with van der Waals surface area (Å²) in [5, 5.41) is 18.7. The molecular formula is C16H23NO2. The van der Waals surface area contributed by atoms with Crippen LogP contribution in [-0.4, -0.2) is 36.0 Å². The van der Waals surface area contributed by atoms with Crippen molar-refractivity contribution in [2.24, 2.45) is 0 Å². The first-order chi connectivity index (χ1) is 9.22. The highest BCUT2D eigenvalue weighted by Crippen LogP contribution is 2.22. The minimum atomic E-state index is -0.513. The van der Waals surface area contributed by atoms with E-state index in [1.54, 1.807) is 0 Å². The number of para-hydroxylation sites is 1. The van der Waals surface area contributed by atoms with Gasteiger partial charge in [-0.1, -0.05) is 30.4 Å². The average Bonchev–Trinajstić information content (AvgIpc) is 2.39. The van der Waals surface area contributed by atoms with Crippen LogP contribution in [0.1, 0.15) is 12.0 Å². The van der Waals surface area contributed by atoms with Gasteiger partial charge < -0.3 is 15.1 Å². The van der Waals surface area contributed by atoms with Crippen molar-refractivity contribution in [3.63, 3.8) is 0 Å². The molecule has 0 saturated carbocycles. The Morgan fingerprint density at radius 1 is 1.16 bits per heavy atom. The van der Waals surface area contributed by atoms with Crippen LogP contribution in [0.5, 0.6) is 0 Å². The van der Waals surface area contributed by atoms with E-state index in [1.165, 1.54) is 0 Å². The monoisotopic (exact) mass is 261 g/mol. The third kappa shape index (κ3) is 4.89. The second-order valence-corrected chi connectivity index (χ2v) is 4.48. The Labute approximate surface area is 115 Å². The SMILES string of the molecule is C=CCN(CC=C)c1ccccc1CC(O)CCO. The van der Waals surface area contributed by atoms with Gasteiger partial charge in [-0.15, -0.1) is 13.2 Å². The molecular weight excluding hydrogens is 238 g/mol. The number of aliphatic hydroxyl groups is 2. The summed E-state index contributed by atoms with van der Waals surface area (Å²) in [6.45, 7) is 9.02. The minimum absolute atomic E-state index is 0.00631. The lowest BCUT2D eigenvalue weighted by Crippen LogP contribution is -2.25. The molecule has 0 amide bonds. The van der Waals surface area contributed by atoms with E-state index < -0.39 is 6.10 Å². The molecule has 0 aliphatic heterocycles. The number of anilines is 1. The van der Waals surface area contributed by atoms with E-state index in [0.717, 1.165) is 24.3 Å². The molecule has 3 heteroatoms. The number of aliphatic hydroxyl groups excluding tert-OH is 2. The predicted octanol–water partition coefficient (Wildman–Crippen LogP) is 2.15. The molecule has 3 nitrogen and oxygen atoms in total. The van der Waals surface area contributed by atoms with Crippen LogP contribution in [0.25, 0.3) is 0 Å². The largest absolute Gasteiger partial charge is 0.396 e. The van der Waals surface area contributed by atoms with Gasteiger partial charge in [0.2, 0.25) is 0 Å². The van der Waals surface area contributed by atoms with Gasteiger partial charge in [-0.3, -0.25) is 0 Å². The molecule has 0 bridgehead atoms. The molecule has 104 valence electrons. The Bertz CT molecular complexity index is 393. The number of hydrogen-bond acceptors (Lipinski definition) is 3. The Hall–Kier alpha value is -1.58. The fourth-order valence-electron chi connectivity index (χ4n) is 2.08. The van der Waals surface area contributed by atoms with Crippen LogP contribution in [0.4, 0.5) is 5.69 Å². The van der Waals surface area contributed by atoms with Crippen molar-refractivity contribution >= 4 is 5.69 Å². The Morgan fingerprint density at radius 2 is 1.79 bits per heavy atom. The molecule has 2 N–H and O–H groups in total. The first-order valence-corrected chi connectivity index (χ1v) is 6.56. The van der Waals surface area contributed by atoms with Crippen LogP contribution in [0.2, 0.25) is 0 Å². The molecule has 0 aliphatic carbocycles. The van der Waals surface area contributed by atoms with Gasteiger partial charge in [0, 0.05) is 31.8 Å². The summed E-state index contributed by atoms with van der Waals surface area (Å²) >= 11 is 0. The Kier molecular flexibility index (Phi) is 6.93. The molecule has 0 aliphatic rings. The van der Waals surface area contributed by atoms with Crippen molar-refractivity contribution in [3.8, 4) is 0 Å². The molecule has 19 heavy (non-hydrogen) atoms. The number of benzene rings is 1. The smallest absolute Gasteiger partial charge is 0.0603 e. The molecule has 1 aromatic carbocycles. The lowest BCUT2D eigenvalue weighted by Gasteiger charge is -2.25. The number of rotatable bonds is 9. The Balaban J connectivity index is 2.91. The van der Waals surface area contributed by atoms with Crippen LogP contribution in [0, 0.1) is 0 Å². The molecule has 1 atom stereocenters. The zero-order valence-corrected chi connectivity index (χ0v) is 11.3. The highest BCUT2D eigenvalue weighted by molar-refractivity contribution is 5.54. The summed E-state index contributed by atoms with van der Waals surface area (Å²) in [5.74, 6) is 0. The summed E-state index contributed by atoms with van der Waals surface area (Å²) < 4.78 is 0. The summed E-state index contributed by atoms with van der Waals surface area (Å²) in [7, 11) is 0. The van der Waals surface area contributed by atoms with Crippen LogP contribution in [0.3, 0.4) is 0 Å². The maximum Gasteiger partial charge on any atom is 0.0603 e. The third-order valence-electron chi connectivity index (χ3n) is 2.95. The van der Waals surface area contributed by atoms with Crippen molar-refractivity contribution in [3.05, 3.63) is 55.1 Å². The summed E-state index contributed by atoms with van der Waals surface area (Å²) in [6.07, 6.45) is 4.13. The lowest BCUT2D eigenvalue weighted by atomic mass is 10.0. The molecule has 0 fully saturated rings. The van der Waals surface area contributed by atoms with E-state index in [2.05, 4.69) is 18.1 Å². The van der Waals surface area contributed by atoms with Gasteiger partial charge in [-0.05, 0) is 18.1 Å². The zero-order chi connectivity index (χ0) is 14.1. The second-order valence-electron chi connectivity index (χ2n) is 4.48. The van der Waals surface area contributed by atoms with E-state index in [4.69, 9.17) is 5.11 Å². The number of nitrogens with zero attached hydrogens (tertiary/aromatic N) is 1. The molecule has 0 radical (unpaired) electrons. The van der Waals surface area contributed by atoms with Crippen LogP contribution >= 0.6 is 0 Å². The molecule has 0 aromatic heterocycles. The van der Waals surface area contributed by atoms with E-state index >= 15 is 0 Å². The van der Waals surface area contributed by atoms with Crippen molar-refractivity contribution in [1.82, 2.24) is 0 Å². The van der Waals surface area contributed by atoms with Gasteiger partial charge in [0.15, 0.2) is 0 Å². The average molecular weight is 261 g/mol. The fourth-order valence-corrected chi connectivity index (χ4v) is 2.08. The minimum Gasteiger partial charge on any atom is -0.396 e. The standard InChI is InChI=1S/C16H23NO2/c1-3-10-17(11-4-2)16-8-6-5-7-14(16)13-15(19)9-12-18/h3-8,15,18-19H,1-2,9-13H2. The topological polar surface area (TPSA) is 43.7 Å². The second kappa shape index (κ2) is 8.51. The maximum atomic E-state index is 9.85. The lowest BCUT2D eigenvalue weighted by molar-refractivity contribution is 0.133. The summed E-state index contributed by atoms with van der Waals surface area (Å²) in [6, 6.07) is 7.99. The maximum absolute atomic E-state index is 9.85. The molecule has 1 unspecified atom stereocenters. The van der Waals surface area contributed by atoms with Crippen LogP contribution in [-0.2, 0) is 6.42 Å². The van der Waals surface area contributed by atoms with Gasteiger partial charge in [-0.2, -0.15) is 0 Å². The zero-order valence-electron chi connectivity index (χ0n) is 11.3. The van der Waals surface area contributed by atoms with Crippen LogP contribution in [0.15, 0.2) is 49.6 Å². The predicted molar refractivity (Wildman–Crippen MR) is 80.5 cm³/mol. The molecule has 1 rings (SSSR count). The van der Waals surface area contributed by atoms with Crippen molar-refractivity contribution < 1.29 is 10.2 Å². The van der Waals surface area contributed by atoms with Gasteiger partial charge >= 0.3 is 0 Å². The van der Waals surface area contributed by atoms with Crippen LogP contribution < -0.4 is 4.90 Å². The molecule has 0 spiro atoms. The number of hydrogen-bond donors (Lipinski definition) is 2. The fraction of sp³-hybridized carbons (Fsp3) is 0.375. The molecule has 0 heterocycles.